The Hall–Kier alpha value is -1.35. The lowest BCUT2D eigenvalue weighted by Gasteiger charge is -2.23. The van der Waals surface area contributed by atoms with Gasteiger partial charge in [-0.3, -0.25) is 0 Å². The molecule has 0 saturated carbocycles. The third-order valence-corrected chi connectivity index (χ3v) is 2.85. The first-order valence-corrected chi connectivity index (χ1v) is 5.34. The molecule has 0 aromatic heterocycles. The van der Waals surface area contributed by atoms with E-state index in [9.17, 15) is 4.79 Å². The van der Waals surface area contributed by atoms with Gasteiger partial charge in [0, 0.05) is 6.04 Å². The van der Waals surface area contributed by atoms with Crippen molar-refractivity contribution in [1.82, 2.24) is 5.32 Å². The minimum absolute atomic E-state index is 0.332. The molecule has 1 aliphatic rings. The number of benzene rings is 1. The van der Waals surface area contributed by atoms with Crippen LogP contribution in [0.5, 0.6) is 0 Å². The van der Waals surface area contributed by atoms with Gasteiger partial charge in [0.05, 0.1) is 5.56 Å². The molecular formula is C12H15NO2. The average molecular weight is 205 g/mol. The number of rotatable bonds is 2. The van der Waals surface area contributed by atoms with Crippen molar-refractivity contribution in [3.8, 4) is 0 Å². The van der Waals surface area contributed by atoms with E-state index in [1.807, 2.05) is 12.1 Å². The molecule has 15 heavy (non-hydrogen) atoms. The molecule has 1 saturated heterocycles. The molecule has 2 N–H and O–H groups in total. The third-order valence-electron chi connectivity index (χ3n) is 2.85. The van der Waals surface area contributed by atoms with Crippen molar-refractivity contribution >= 4 is 5.97 Å². The van der Waals surface area contributed by atoms with Gasteiger partial charge < -0.3 is 10.4 Å². The first-order chi connectivity index (χ1) is 7.27. The second-order valence-electron chi connectivity index (χ2n) is 3.93. The van der Waals surface area contributed by atoms with Crippen LogP contribution in [-0.2, 0) is 0 Å². The Balaban J connectivity index is 2.19. The zero-order valence-electron chi connectivity index (χ0n) is 8.57. The molecule has 1 unspecified atom stereocenters. The zero-order valence-corrected chi connectivity index (χ0v) is 8.57. The normalized spacial score (nSPS) is 21.2. The largest absolute Gasteiger partial charge is 0.478 e. The van der Waals surface area contributed by atoms with Crippen LogP contribution in [0.15, 0.2) is 24.3 Å². The number of nitrogens with one attached hydrogen (secondary N) is 1. The van der Waals surface area contributed by atoms with Crippen LogP contribution in [0.2, 0.25) is 0 Å². The van der Waals surface area contributed by atoms with Crippen LogP contribution in [0, 0.1) is 0 Å². The van der Waals surface area contributed by atoms with E-state index in [-0.39, 0.29) is 0 Å². The minimum Gasteiger partial charge on any atom is -0.478 e. The lowest BCUT2D eigenvalue weighted by atomic mass is 9.96. The molecule has 3 heteroatoms. The van der Waals surface area contributed by atoms with Gasteiger partial charge in [0.1, 0.15) is 0 Å². The lowest BCUT2D eigenvalue weighted by molar-refractivity contribution is 0.0696. The number of hydrogen-bond donors (Lipinski definition) is 2. The minimum atomic E-state index is -0.854. The molecule has 2 rings (SSSR count). The molecule has 1 aromatic rings. The van der Waals surface area contributed by atoms with Crippen molar-refractivity contribution in [2.24, 2.45) is 0 Å². The van der Waals surface area contributed by atoms with E-state index in [1.54, 1.807) is 12.1 Å². The Morgan fingerprint density at radius 1 is 1.40 bits per heavy atom. The second kappa shape index (κ2) is 4.45. The van der Waals surface area contributed by atoms with Gasteiger partial charge in [0.2, 0.25) is 0 Å². The maximum atomic E-state index is 10.8. The first-order valence-electron chi connectivity index (χ1n) is 5.34. The summed E-state index contributed by atoms with van der Waals surface area (Å²) in [4.78, 5) is 10.8. The Labute approximate surface area is 89.1 Å². The Kier molecular flexibility index (Phi) is 3.02. The van der Waals surface area contributed by atoms with E-state index < -0.39 is 5.97 Å². The Bertz CT molecular complexity index is 356. The molecule has 1 atom stereocenters. The van der Waals surface area contributed by atoms with Crippen molar-refractivity contribution in [1.29, 1.82) is 0 Å². The van der Waals surface area contributed by atoms with E-state index in [0.717, 1.165) is 18.5 Å². The quantitative estimate of drug-likeness (QED) is 0.778. The zero-order chi connectivity index (χ0) is 10.7. The standard InChI is InChI=1S/C12H15NO2/c14-12(15)10-5-3-4-9(8-10)11-6-1-2-7-13-11/h3-5,8,11,13H,1-2,6-7H2,(H,14,15). The maximum absolute atomic E-state index is 10.8. The molecule has 1 fully saturated rings. The van der Waals surface area contributed by atoms with Crippen LogP contribution >= 0.6 is 0 Å². The van der Waals surface area contributed by atoms with Crippen LogP contribution in [-0.4, -0.2) is 17.6 Å². The van der Waals surface area contributed by atoms with Gasteiger partial charge in [0.15, 0.2) is 0 Å². The molecule has 1 aromatic carbocycles. The molecule has 0 bridgehead atoms. The van der Waals surface area contributed by atoms with E-state index in [2.05, 4.69) is 5.32 Å². The highest BCUT2D eigenvalue weighted by Gasteiger charge is 2.15. The number of piperidine rings is 1. The van der Waals surface area contributed by atoms with Crippen molar-refractivity contribution in [2.75, 3.05) is 6.54 Å². The molecule has 3 nitrogen and oxygen atoms in total. The highest BCUT2D eigenvalue weighted by molar-refractivity contribution is 5.87. The molecule has 1 heterocycles. The van der Waals surface area contributed by atoms with Gasteiger partial charge in [0.25, 0.3) is 0 Å². The summed E-state index contributed by atoms with van der Waals surface area (Å²) in [6.07, 6.45) is 3.53. The maximum Gasteiger partial charge on any atom is 0.335 e. The van der Waals surface area contributed by atoms with Crippen LogP contribution in [0.3, 0.4) is 0 Å². The predicted molar refractivity (Wildman–Crippen MR) is 58.0 cm³/mol. The van der Waals surface area contributed by atoms with Gasteiger partial charge in [-0.1, -0.05) is 18.6 Å². The fourth-order valence-corrected chi connectivity index (χ4v) is 2.02. The van der Waals surface area contributed by atoms with Crippen molar-refractivity contribution in [3.05, 3.63) is 35.4 Å². The highest BCUT2D eigenvalue weighted by Crippen LogP contribution is 2.23. The summed E-state index contributed by atoms with van der Waals surface area (Å²) in [5.41, 5.74) is 1.47. The van der Waals surface area contributed by atoms with Gasteiger partial charge >= 0.3 is 5.97 Å². The van der Waals surface area contributed by atoms with Crippen LogP contribution in [0.25, 0.3) is 0 Å². The summed E-state index contributed by atoms with van der Waals surface area (Å²) in [5, 5.41) is 12.3. The van der Waals surface area contributed by atoms with Gasteiger partial charge in [-0.2, -0.15) is 0 Å². The van der Waals surface area contributed by atoms with Crippen molar-refractivity contribution in [2.45, 2.75) is 25.3 Å². The molecule has 0 amide bonds. The van der Waals surface area contributed by atoms with Gasteiger partial charge in [-0.05, 0) is 37.1 Å². The highest BCUT2D eigenvalue weighted by atomic mass is 16.4. The Morgan fingerprint density at radius 2 is 2.27 bits per heavy atom. The van der Waals surface area contributed by atoms with E-state index in [0.29, 0.717) is 11.6 Å². The molecule has 0 aliphatic carbocycles. The smallest absolute Gasteiger partial charge is 0.335 e. The van der Waals surface area contributed by atoms with Crippen LogP contribution < -0.4 is 5.32 Å². The summed E-state index contributed by atoms with van der Waals surface area (Å²) in [6.45, 7) is 1.03. The van der Waals surface area contributed by atoms with Crippen LogP contribution in [0.1, 0.15) is 41.2 Å². The van der Waals surface area contributed by atoms with E-state index in [4.69, 9.17) is 5.11 Å². The predicted octanol–water partition coefficient (Wildman–Crippen LogP) is 2.20. The number of carboxylic acid groups (broad SMARTS) is 1. The summed E-state index contributed by atoms with van der Waals surface area (Å²) in [6, 6.07) is 7.54. The topological polar surface area (TPSA) is 49.3 Å². The molecule has 0 radical (unpaired) electrons. The fourth-order valence-electron chi connectivity index (χ4n) is 2.02. The number of aromatic carboxylic acids is 1. The molecule has 0 spiro atoms. The summed E-state index contributed by atoms with van der Waals surface area (Å²) < 4.78 is 0. The SMILES string of the molecule is O=C(O)c1cccc(C2CCCCN2)c1. The van der Waals surface area contributed by atoms with E-state index >= 15 is 0 Å². The number of hydrogen-bond acceptors (Lipinski definition) is 2. The summed E-state index contributed by atoms with van der Waals surface area (Å²) in [7, 11) is 0. The lowest BCUT2D eigenvalue weighted by Crippen LogP contribution is -2.26. The monoisotopic (exact) mass is 205 g/mol. The van der Waals surface area contributed by atoms with Crippen molar-refractivity contribution < 1.29 is 9.90 Å². The van der Waals surface area contributed by atoms with Gasteiger partial charge in [-0.25, -0.2) is 4.79 Å². The fraction of sp³-hybridized carbons (Fsp3) is 0.417. The second-order valence-corrected chi connectivity index (χ2v) is 3.93. The van der Waals surface area contributed by atoms with Gasteiger partial charge in [-0.15, -0.1) is 0 Å². The third kappa shape index (κ3) is 2.36. The molecule has 1 aliphatic heterocycles. The molecule has 80 valence electrons. The van der Waals surface area contributed by atoms with E-state index in [1.165, 1.54) is 12.8 Å². The number of carboxylic acids is 1. The number of carbonyl (C=O) groups is 1. The van der Waals surface area contributed by atoms with Crippen LogP contribution in [0.4, 0.5) is 0 Å². The summed E-state index contributed by atoms with van der Waals surface area (Å²) in [5.74, 6) is -0.854. The Morgan fingerprint density at radius 3 is 2.93 bits per heavy atom. The molecular weight excluding hydrogens is 190 g/mol. The summed E-state index contributed by atoms with van der Waals surface area (Å²) >= 11 is 0. The van der Waals surface area contributed by atoms with Crippen molar-refractivity contribution in [3.63, 3.8) is 0 Å². The average Bonchev–Trinajstić information content (AvgIpc) is 2.30. The first kappa shape index (κ1) is 10.2.